The molecular weight excluding hydrogens is 279 g/mol. The van der Waals surface area contributed by atoms with E-state index in [1.54, 1.807) is 0 Å². The van der Waals surface area contributed by atoms with Crippen molar-refractivity contribution >= 4 is 10.0 Å². The van der Waals surface area contributed by atoms with Gasteiger partial charge >= 0.3 is 6.18 Å². The first-order valence-electron chi connectivity index (χ1n) is 5.83. The monoisotopic (exact) mass is 295 g/mol. The Morgan fingerprint density at radius 3 is 2.32 bits per heavy atom. The summed E-state index contributed by atoms with van der Waals surface area (Å²) in [5, 5.41) is 0. The van der Waals surface area contributed by atoms with Gasteiger partial charge in [0.05, 0.1) is 10.5 Å². The number of unbranched alkanes of at least 4 members (excludes halogenated alkanes) is 1. The molecule has 0 fully saturated rings. The van der Waals surface area contributed by atoms with Crippen LogP contribution >= 0.6 is 0 Å². The van der Waals surface area contributed by atoms with E-state index in [1.165, 1.54) is 19.2 Å². The third-order valence-corrected chi connectivity index (χ3v) is 4.62. The summed E-state index contributed by atoms with van der Waals surface area (Å²) in [5.41, 5.74) is -1.13. The molecule has 0 N–H and O–H groups in total. The van der Waals surface area contributed by atoms with Crippen molar-refractivity contribution in [3.63, 3.8) is 0 Å². The highest BCUT2D eigenvalue weighted by molar-refractivity contribution is 7.89. The topological polar surface area (TPSA) is 37.4 Å². The Hall–Kier alpha value is -1.08. The van der Waals surface area contributed by atoms with E-state index in [9.17, 15) is 21.6 Å². The third kappa shape index (κ3) is 3.70. The molecule has 0 aliphatic rings. The average Bonchev–Trinajstić information content (AvgIpc) is 2.34. The van der Waals surface area contributed by atoms with E-state index in [0.29, 0.717) is 6.42 Å². The maximum atomic E-state index is 12.8. The van der Waals surface area contributed by atoms with Gasteiger partial charge in [-0.25, -0.2) is 12.7 Å². The van der Waals surface area contributed by atoms with Crippen molar-refractivity contribution in [2.45, 2.75) is 30.8 Å². The van der Waals surface area contributed by atoms with Crippen molar-refractivity contribution in [2.24, 2.45) is 0 Å². The van der Waals surface area contributed by atoms with E-state index in [0.717, 1.165) is 22.9 Å². The van der Waals surface area contributed by atoms with Crippen LogP contribution in [0.5, 0.6) is 0 Å². The lowest BCUT2D eigenvalue weighted by molar-refractivity contribution is -0.139. The zero-order chi connectivity index (χ0) is 14.7. The number of nitrogens with zero attached hydrogens (tertiary/aromatic N) is 1. The molecule has 7 heteroatoms. The Labute approximate surface area is 111 Å². The molecule has 19 heavy (non-hydrogen) atoms. The minimum atomic E-state index is -4.69. The number of hydrogen-bond donors (Lipinski definition) is 0. The Balaban J connectivity index is 3.22. The normalized spacial score (nSPS) is 12.9. The lowest BCUT2D eigenvalue weighted by atomic mass is 10.2. The van der Waals surface area contributed by atoms with Crippen molar-refractivity contribution < 1.29 is 21.6 Å². The molecule has 0 saturated carbocycles. The lowest BCUT2D eigenvalue weighted by Gasteiger charge is -2.19. The molecular formula is C12H16F3NO2S. The van der Waals surface area contributed by atoms with E-state index in [4.69, 9.17) is 0 Å². The minimum absolute atomic E-state index is 0.199. The van der Waals surface area contributed by atoms with E-state index < -0.39 is 26.7 Å². The van der Waals surface area contributed by atoms with Crippen LogP contribution in [0.4, 0.5) is 13.2 Å². The van der Waals surface area contributed by atoms with Gasteiger partial charge in [-0.2, -0.15) is 13.2 Å². The minimum Gasteiger partial charge on any atom is -0.207 e. The molecule has 1 aromatic rings. The molecule has 1 rings (SSSR count). The number of benzene rings is 1. The van der Waals surface area contributed by atoms with Gasteiger partial charge in [0.15, 0.2) is 0 Å². The molecule has 108 valence electrons. The second-order valence-electron chi connectivity index (χ2n) is 4.17. The summed E-state index contributed by atoms with van der Waals surface area (Å²) < 4.78 is 63.7. The average molecular weight is 295 g/mol. The van der Waals surface area contributed by atoms with Gasteiger partial charge in [-0.05, 0) is 18.6 Å². The Morgan fingerprint density at radius 1 is 1.21 bits per heavy atom. The molecule has 0 saturated heterocycles. The van der Waals surface area contributed by atoms with E-state index >= 15 is 0 Å². The molecule has 0 heterocycles. The zero-order valence-corrected chi connectivity index (χ0v) is 11.6. The standard InChI is InChI=1S/C12H16F3NO2S/c1-3-4-9-16(2)19(17,18)11-8-6-5-7-10(11)12(13,14)15/h5-8H,3-4,9H2,1-2H3. The maximum absolute atomic E-state index is 12.8. The Morgan fingerprint density at radius 2 is 1.79 bits per heavy atom. The first-order chi connectivity index (χ1) is 8.71. The molecule has 0 aliphatic heterocycles. The second kappa shape index (κ2) is 5.92. The SMILES string of the molecule is CCCCN(C)S(=O)(=O)c1ccccc1C(F)(F)F. The summed E-state index contributed by atoms with van der Waals surface area (Å²) in [4.78, 5) is -0.693. The van der Waals surface area contributed by atoms with Gasteiger partial charge in [0.2, 0.25) is 10.0 Å². The van der Waals surface area contributed by atoms with Crippen molar-refractivity contribution in [2.75, 3.05) is 13.6 Å². The summed E-state index contributed by atoms with van der Waals surface area (Å²) in [7, 11) is -2.82. The molecule has 0 spiro atoms. The van der Waals surface area contributed by atoms with Gasteiger partial charge in [0.1, 0.15) is 0 Å². The Kier molecular flexibility index (Phi) is 4.98. The summed E-state index contributed by atoms with van der Waals surface area (Å²) in [6, 6.07) is 4.23. The van der Waals surface area contributed by atoms with E-state index in [1.807, 2.05) is 6.92 Å². The van der Waals surface area contributed by atoms with Crippen molar-refractivity contribution in [3.05, 3.63) is 29.8 Å². The van der Waals surface area contributed by atoms with Gasteiger partial charge in [-0.3, -0.25) is 0 Å². The van der Waals surface area contributed by atoms with E-state index in [2.05, 4.69) is 0 Å². The van der Waals surface area contributed by atoms with Crippen LogP contribution < -0.4 is 0 Å². The van der Waals surface area contributed by atoms with Crippen LogP contribution in [0.2, 0.25) is 0 Å². The van der Waals surface area contributed by atoms with Crippen LogP contribution in [0.1, 0.15) is 25.3 Å². The number of hydrogen-bond acceptors (Lipinski definition) is 2. The lowest BCUT2D eigenvalue weighted by Crippen LogP contribution is -2.29. The molecule has 0 unspecified atom stereocenters. The first-order valence-corrected chi connectivity index (χ1v) is 7.27. The smallest absolute Gasteiger partial charge is 0.207 e. The number of alkyl halides is 3. The van der Waals surface area contributed by atoms with Crippen molar-refractivity contribution in [1.29, 1.82) is 0 Å². The van der Waals surface area contributed by atoms with Crippen LogP contribution in [-0.4, -0.2) is 26.3 Å². The van der Waals surface area contributed by atoms with E-state index in [-0.39, 0.29) is 6.54 Å². The fraction of sp³-hybridized carbons (Fsp3) is 0.500. The molecule has 0 amide bonds. The number of halogens is 3. The van der Waals surface area contributed by atoms with Crippen LogP contribution in [0.15, 0.2) is 29.2 Å². The highest BCUT2D eigenvalue weighted by Crippen LogP contribution is 2.34. The number of rotatable bonds is 5. The van der Waals surface area contributed by atoms with Gasteiger partial charge in [-0.15, -0.1) is 0 Å². The molecule has 0 atom stereocenters. The molecule has 0 bridgehead atoms. The predicted molar refractivity (Wildman–Crippen MR) is 66.2 cm³/mol. The maximum Gasteiger partial charge on any atom is 0.417 e. The molecule has 3 nitrogen and oxygen atoms in total. The van der Waals surface area contributed by atoms with Crippen molar-refractivity contribution in [3.8, 4) is 0 Å². The summed E-state index contributed by atoms with van der Waals surface area (Å²) >= 11 is 0. The van der Waals surface area contributed by atoms with Crippen LogP contribution in [0, 0.1) is 0 Å². The highest BCUT2D eigenvalue weighted by atomic mass is 32.2. The van der Waals surface area contributed by atoms with Crippen molar-refractivity contribution in [1.82, 2.24) is 4.31 Å². The van der Waals surface area contributed by atoms with Gasteiger partial charge in [-0.1, -0.05) is 25.5 Å². The third-order valence-electron chi connectivity index (χ3n) is 2.71. The summed E-state index contributed by atoms with van der Waals surface area (Å²) in [6.45, 7) is 2.08. The largest absolute Gasteiger partial charge is 0.417 e. The van der Waals surface area contributed by atoms with Gasteiger partial charge in [0.25, 0.3) is 0 Å². The molecule has 0 radical (unpaired) electrons. The first kappa shape index (κ1) is 16.0. The highest BCUT2D eigenvalue weighted by Gasteiger charge is 2.37. The predicted octanol–water partition coefficient (Wildman–Crippen LogP) is 3.13. The summed E-state index contributed by atoms with van der Waals surface area (Å²) in [5.74, 6) is 0. The van der Waals surface area contributed by atoms with Gasteiger partial charge < -0.3 is 0 Å². The number of sulfonamides is 1. The molecule has 0 aromatic heterocycles. The molecule has 0 aliphatic carbocycles. The van der Waals surface area contributed by atoms with Crippen LogP contribution in [0.25, 0.3) is 0 Å². The van der Waals surface area contributed by atoms with Gasteiger partial charge in [0, 0.05) is 13.6 Å². The Bertz CT molecular complexity index is 526. The zero-order valence-electron chi connectivity index (χ0n) is 10.7. The fourth-order valence-corrected chi connectivity index (χ4v) is 3.01. The summed E-state index contributed by atoms with van der Waals surface area (Å²) in [6.07, 6.45) is -3.32. The van der Waals surface area contributed by atoms with Crippen LogP contribution in [-0.2, 0) is 16.2 Å². The van der Waals surface area contributed by atoms with Crippen LogP contribution in [0.3, 0.4) is 0 Å². The molecule has 1 aromatic carbocycles. The second-order valence-corrected chi connectivity index (χ2v) is 6.19. The fourth-order valence-electron chi connectivity index (χ4n) is 1.59. The quantitative estimate of drug-likeness (QED) is 0.837.